The first-order valence-corrected chi connectivity index (χ1v) is 8.31. The second-order valence-corrected chi connectivity index (χ2v) is 6.39. The van der Waals surface area contributed by atoms with E-state index in [4.69, 9.17) is 0 Å². The number of benzene rings is 1. The lowest BCUT2D eigenvalue weighted by molar-refractivity contribution is -0.123. The van der Waals surface area contributed by atoms with Gasteiger partial charge in [-0.15, -0.1) is 0 Å². The van der Waals surface area contributed by atoms with Gasteiger partial charge >= 0.3 is 0 Å². The van der Waals surface area contributed by atoms with Crippen molar-refractivity contribution >= 4 is 23.4 Å². The largest absolute Gasteiger partial charge is 0.326 e. The topological polar surface area (TPSA) is 87.3 Å². The maximum absolute atomic E-state index is 12.0. The van der Waals surface area contributed by atoms with Crippen molar-refractivity contribution in [2.75, 3.05) is 18.4 Å². The van der Waals surface area contributed by atoms with Crippen LogP contribution >= 0.6 is 0 Å². The fourth-order valence-electron chi connectivity index (χ4n) is 3.27. The van der Waals surface area contributed by atoms with E-state index < -0.39 is 0 Å². The Morgan fingerprint density at radius 1 is 1.25 bits per heavy atom. The smallest absolute Gasteiger partial charge is 0.232 e. The van der Waals surface area contributed by atoms with Crippen LogP contribution in [0.1, 0.15) is 37.2 Å². The number of allylic oxidation sites excluding steroid dienone is 1. The molecule has 2 fully saturated rings. The molecule has 2 aliphatic heterocycles. The summed E-state index contributed by atoms with van der Waals surface area (Å²) in [7, 11) is 0. The predicted molar refractivity (Wildman–Crippen MR) is 90.0 cm³/mol. The van der Waals surface area contributed by atoms with E-state index in [1.54, 1.807) is 5.94 Å². The van der Waals surface area contributed by atoms with Crippen molar-refractivity contribution in [1.82, 2.24) is 10.6 Å². The molecule has 6 heteroatoms. The molecule has 0 radical (unpaired) electrons. The van der Waals surface area contributed by atoms with Crippen molar-refractivity contribution in [3.8, 4) is 0 Å². The first-order valence-electron chi connectivity index (χ1n) is 8.31. The Kier molecular flexibility index (Phi) is 5.08. The molecule has 0 saturated carbocycles. The van der Waals surface area contributed by atoms with E-state index in [-0.39, 0.29) is 17.7 Å². The Hall–Kier alpha value is -2.43. The van der Waals surface area contributed by atoms with Gasteiger partial charge in [-0.3, -0.25) is 9.59 Å². The molecule has 2 aliphatic rings. The second-order valence-electron chi connectivity index (χ2n) is 6.39. The third kappa shape index (κ3) is 3.91. The van der Waals surface area contributed by atoms with Gasteiger partial charge in [-0.2, -0.15) is 0 Å². The summed E-state index contributed by atoms with van der Waals surface area (Å²) < 4.78 is 0. The minimum absolute atomic E-state index is 0.0209. The first kappa shape index (κ1) is 16.4. The van der Waals surface area contributed by atoms with Gasteiger partial charge in [0.2, 0.25) is 11.8 Å². The maximum atomic E-state index is 12.0. The molecule has 0 bridgehead atoms. The quantitative estimate of drug-likeness (QED) is 0.728. The van der Waals surface area contributed by atoms with Gasteiger partial charge in [0.05, 0.1) is 5.92 Å². The zero-order chi connectivity index (χ0) is 16.9. The number of amides is 2. The monoisotopic (exact) mass is 327 g/mol. The zero-order valence-corrected chi connectivity index (χ0v) is 13.4. The minimum Gasteiger partial charge on any atom is -0.326 e. The highest BCUT2D eigenvalue weighted by Gasteiger charge is 2.26. The Bertz CT molecular complexity index is 671. The molecule has 126 valence electrons. The van der Waals surface area contributed by atoms with Crippen molar-refractivity contribution in [3.63, 3.8) is 0 Å². The highest BCUT2D eigenvalue weighted by molar-refractivity contribution is 5.91. The molecular formula is C18H21N3O3. The van der Waals surface area contributed by atoms with Crippen LogP contribution in [0.4, 0.5) is 5.69 Å². The normalized spacial score (nSPS) is 23.5. The summed E-state index contributed by atoms with van der Waals surface area (Å²) in [4.78, 5) is 34.7. The van der Waals surface area contributed by atoms with Crippen LogP contribution in [-0.4, -0.2) is 30.8 Å². The van der Waals surface area contributed by atoms with Crippen LogP contribution in [0.15, 0.2) is 30.0 Å². The molecule has 0 aromatic heterocycles. The number of carbonyl (C=O) groups excluding carboxylic acids is 3. The molecule has 2 unspecified atom stereocenters. The lowest BCUT2D eigenvalue weighted by Crippen LogP contribution is -2.33. The Morgan fingerprint density at radius 3 is 2.67 bits per heavy atom. The molecule has 24 heavy (non-hydrogen) atoms. The van der Waals surface area contributed by atoms with E-state index in [1.807, 2.05) is 24.3 Å². The Morgan fingerprint density at radius 2 is 2.04 bits per heavy atom. The van der Waals surface area contributed by atoms with Crippen molar-refractivity contribution in [3.05, 3.63) is 35.5 Å². The molecular weight excluding hydrogens is 306 g/mol. The van der Waals surface area contributed by atoms with Gasteiger partial charge in [-0.05, 0) is 56.0 Å². The summed E-state index contributed by atoms with van der Waals surface area (Å²) in [6.45, 7) is 1.89. The van der Waals surface area contributed by atoms with Crippen LogP contribution < -0.4 is 16.0 Å². The summed E-state index contributed by atoms with van der Waals surface area (Å²) >= 11 is 0. The number of nitrogens with one attached hydrogen (secondary N) is 3. The molecule has 3 rings (SSSR count). The van der Waals surface area contributed by atoms with Crippen LogP contribution in [-0.2, 0) is 14.4 Å². The SMILES string of the molecule is O=C=C1CCC(c2ccc(NC(=O)CC3CCNC3)cc2)C(=O)N1. The highest BCUT2D eigenvalue weighted by atomic mass is 16.2. The molecule has 1 aromatic rings. The van der Waals surface area contributed by atoms with Gasteiger partial charge in [0, 0.05) is 12.1 Å². The van der Waals surface area contributed by atoms with E-state index in [1.165, 1.54) is 0 Å². The zero-order valence-electron chi connectivity index (χ0n) is 13.4. The molecule has 2 saturated heterocycles. The van der Waals surface area contributed by atoms with Crippen LogP contribution in [0.3, 0.4) is 0 Å². The standard InChI is InChI=1S/C18H21N3O3/c22-11-15-5-6-16(18(24)21-15)13-1-3-14(4-2-13)20-17(23)9-12-7-8-19-10-12/h1-4,12,16,19H,5-10H2,(H,20,23)(H,21,24). The van der Waals surface area contributed by atoms with Gasteiger partial charge in [0.15, 0.2) is 0 Å². The maximum Gasteiger partial charge on any atom is 0.232 e. The highest BCUT2D eigenvalue weighted by Crippen LogP contribution is 2.28. The third-order valence-corrected chi connectivity index (χ3v) is 4.63. The van der Waals surface area contributed by atoms with E-state index in [9.17, 15) is 14.4 Å². The predicted octanol–water partition coefficient (Wildman–Crippen LogP) is 1.33. The van der Waals surface area contributed by atoms with E-state index in [0.717, 1.165) is 30.8 Å². The summed E-state index contributed by atoms with van der Waals surface area (Å²) in [5.74, 6) is 1.74. The molecule has 0 spiro atoms. The molecule has 2 atom stereocenters. The van der Waals surface area contributed by atoms with E-state index in [2.05, 4.69) is 16.0 Å². The van der Waals surface area contributed by atoms with Gasteiger partial charge in [-0.25, -0.2) is 4.79 Å². The minimum atomic E-state index is -0.267. The summed E-state index contributed by atoms with van der Waals surface area (Å²) in [6, 6.07) is 7.34. The number of anilines is 1. The first-order chi connectivity index (χ1) is 11.7. The van der Waals surface area contributed by atoms with Crippen LogP contribution in [0, 0.1) is 5.92 Å². The molecule has 6 nitrogen and oxygen atoms in total. The molecule has 3 N–H and O–H groups in total. The number of hydrogen-bond acceptors (Lipinski definition) is 4. The Balaban J connectivity index is 1.58. The van der Waals surface area contributed by atoms with Gasteiger partial charge in [-0.1, -0.05) is 12.1 Å². The van der Waals surface area contributed by atoms with Crippen LogP contribution in [0.5, 0.6) is 0 Å². The van der Waals surface area contributed by atoms with Crippen molar-refractivity contribution in [1.29, 1.82) is 0 Å². The molecule has 1 aromatic carbocycles. The van der Waals surface area contributed by atoms with Crippen LogP contribution in [0.25, 0.3) is 0 Å². The van der Waals surface area contributed by atoms with Gasteiger partial charge < -0.3 is 16.0 Å². The second kappa shape index (κ2) is 7.43. The fourth-order valence-corrected chi connectivity index (χ4v) is 3.27. The summed E-state index contributed by atoms with van der Waals surface area (Å²) in [5, 5.41) is 8.74. The van der Waals surface area contributed by atoms with Crippen molar-refractivity contribution in [2.24, 2.45) is 5.92 Å². The summed E-state index contributed by atoms with van der Waals surface area (Å²) in [6.07, 6.45) is 2.69. The third-order valence-electron chi connectivity index (χ3n) is 4.63. The lowest BCUT2D eigenvalue weighted by Gasteiger charge is -2.22. The van der Waals surface area contributed by atoms with Gasteiger partial charge in [0.25, 0.3) is 0 Å². The summed E-state index contributed by atoms with van der Waals surface area (Å²) in [5.41, 5.74) is 1.94. The fraction of sp³-hybridized carbons (Fsp3) is 0.444. The van der Waals surface area contributed by atoms with Crippen molar-refractivity contribution in [2.45, 2.75) is 31.6 Å². The van der Waals surface area contributed by atoms with Crippen LogP contribution in [0.2, 0.25) is 0 Å². The number of rotatable bonds is 4. The molecule has 2 heterocycles. The average Bonchev–Trinajstić information content (AvgIpc) is 3.08. The number of carbonyl (C=O) groups is 2. The van der Waals surface area contributed by atoms with E-state index in [0.29, 0.717) is 30.9 Å². The van der Waals surface area contributed by atoms with E-state index >= 15 is 0 Å². The van der Waals surface area contributed by atoms with Gasteiger partial charge in [0.1, 0.15) is 11.6 Å². The lowest BCUT2D eigenvalue weighted by atomic mass is 9.90. The molecule has 2 amide bonds. The molecule has 0 aliphatic carbocycles. The number of piperidine rings is 1. The Labute approximate surface area is 140 Å². The number of hydrogen-bond donors (Lipinski definition) is 3. The van der Waals surface area contributed by atoms with Crippen molar-refractivity contribution < 1.29 is 14.4 Å². The average molecular weight is 327 g/mol.